The number of benzene rings is 2. The van der Waals surface area contributed by atoms with Gasteiger partial charge in [-0.2, -0.15) is 0 Å². The van der Waals surface area contributed by atoms with Crippen LogP contribution in [-0.2, 0) is 27.2 Å². The third-order valence-corrected chi connectivity index (χ3v) is 6.36. The largest absolute Gasteiger partial charge is 0.481 e. The van der Waals surface area contributed by atoms with E-state index in [0.29, 0.717) is 38.5 Å². The van der Waals surface area contributed by atoms with E-state index < -0.39 is 23.8 Å². The maximum Gasteiger partial charge on any atom is 0.306 e. The molecular formula is C26H31NO5. The first-order chi connectivity index (χ1) is 15.4. The highest BCUT2D eigenvalue weighted by Gasteiger charge is 2.31. The zero-order chi connectivity index (χ0) is 22.9. The Morgan fingerprint density at radius 2 is 1.28 bits per heavy atom. The molecule has 1 aliphatic carbocycles. The number of hydrogen-bond acceptors (Lipinski definition) is 3. The van der Waals surface area contributed by atoms with Gasteiger partial charge in [-0.25, -0.2) is 0 Å². The molecule has 1 fully saturated rings. The van der Waals surface area contributed by atoms with Crippen LogP contribution in [0, 0.1) is 17.8 Å². The summed E-state index contributed by atoms with van der Waals surface area (Å²) in [6.07, 6.45) is 3.45. The van der Waals surface area contributed by atoms with Crippen LogP contribution in [0.15, 0.2) is 60.7 Å². The molecule has 0 aliphatic heterocycles. The van der Waals surface area contributed by atoms with Crippen molar-refractivity contribution >= 4 is 17.8 Å². The number of carbonyl (C=O) groups is 3. The molecule has 0 radical (unpaired) electrons. The topological polar surface area (TPSA) is 104 Å². The van der Waals surface area contributed by atoms with E-state index in [1.165, 1.54) is 0 Å². The summed E-state index contributed by atoms with van der Waals surface area (Å²) >= 11 is 0. The van der Waals surface area contributed by atoms with Crippen LogP contribution in [0.4, 0.5) is 0 Å². The van der Waals surface area contributed by atoms with E-state index in [4.69, 9.17) is 0 Å². The van der Waals surface area contributed by atoms with Crippen molar-refractivity contribution in [3.8, 4) is 0 Å². The summed E-state index contributed by atoms with van der Waals surface area (Å²) in [5.74, 6) is -3.31. The van der Waals surface area contributed by atoms with Crippen LogP contribution in [0.5, 0.6) is 0 Å². The molecule has 32 heavy (non-hydrogen) atoms. The molecule has 1 aliphatic rings. The van der Waals surface area contributed by atoms with Gasteiger partial charge in [-0.3, -0.25) is 14.4 Å². The molecule has 6 nitrogen and oxygen atoms in total. The minimum absolute atomic E-state index is 0.0613. The highest BCUT2D eigenvalue weighted by molar-refractivity contribution is 5.80. The Balaban J connectivity index is 1.70. The monoisotopic (exact) mass is 437 g/mol. The summed E-state index contributed by atoms with van der Waals surface area (Å²) in [6, 6.07) is 19.0. The van der Waals surface area contributed by atoms with Crippen molar-refractivity contribution in [1.82, 2.24) is 5.32 Å². The van der Waals surface area contributed by atoms with Gasteiger partial charge in [0.15, 0.2) is 0 Å². The van der Waals surface area contributed by atoms with Gasteiger partial charge in [0, 0.05) is 12.0 Å². The van der Waals surface area contributed by atoms with Crippen molar-refractivity contribution in [1.29, 1.82) is 0 Å². The number of carboxylic acid groups (broad SMARTS) is 2. The molecule has 2 aromatic rings. The molecule has 0 saturated heterocycles. The normalized spacial score (nSPS) is 20.1. The molecule has 0 heterocycles. The molecule has 2 unspecified atom stereocenters. The number of hydrogen-bond donors (Lipinski definition) is 3. The summed E-state index contributed by atoms with van der Waals surface area (Å²) in [5.41, 5.74) is 1.93. The van der Waals surface area contributed by atoms with Gasteiger partial charge in [0.25, 0.3) is 0 Å². The molecule has 2 atom stereocenters. The number of rotatable bonds is 10. The summed E-state index contributed by atoms with van der Waals surface area (Å²) in [5, 5.41) is 22.1. The lowest BCUT2D eigenvalue weighted by atomic mass is 9.83. The highest BCUT2D eigenvalue weighted by Crippen LogP contribution is 2.26. The van der Waals surface area contributed by atoms with Crippen molar-refractivity contribution in [2.45, 2.75) is 51.0 Å². The summed E-state index contributed by atoms with van der Waals surface area (Å²) in [7, 11) is 0. The summed E-state index contributed by atoms with van der Waals surface area (Å²) in [4.78, 5) is 36.4. The Kier molecular flexibility index (Phi) is 8.42. The van der Waals surface area contributed by atoms with Gasteiger partial charge in [-0.1, -0.05) is 60.7 Å². The van der Waals surface area contributed by atoms with Crippen LogP contribution >= 0.6 is 0 Å². The molecule has 1 saturated carbocycles. The fourth-order valence-corrected chi connectivity index (χ4v) is 4.50. The predicted molar refractivity (Wildman–Crippen MR) is 121 cm³/mol. The van der Waals surface area contributed by atoms with Gasteiger partial charge >= 0.3 is 11.9 Å². The number of amides is 1. The zero-order valence-corrected chi connectivity index (χ0v) is 18.2. The van der Waals surface area contributed by atoms with Gasteiger partial charge in [0.05, 0.1) is 11.8 Å². The van der Waals surface area contributed by atoms with Gasteiger partial charge in [-0.15, -0.1) is 0 Å². The molecule has 3 rings (SSSR count). The van der Waals surface area contributed by atoms with Crippen molar-refractivity contribution in [3.63, 3.8) is 0 Å². The first-order valence-corrected chi connectivity index (χ1v) is 11.3. The first-order valence-electron chi connectivity index (χ1n) is 11.3. The number of carboxylic acids is 2. The van der Waals surface area contributed by atoms with Crippen molar-refractivity contribution in [3.05, 3.63) is 71.8 Å². The SMILES string of the molecule is O=C(O)C1CCC(NC(=O)C(Cc2ccccc2)CC(Cc2ccccc2)C(=O)O)CC1. The Morgan fingerprint density at radius 1 is 0.781 bits per heavy atom. The van der Waals surface area contributed by atoms with Crippen LogP contribution in [0.1, 0.15) is 43.2 Å². The minimum Gasteiger partial charge on any atom is -0.481 e. The second-order valence-corrected chi connectivity index (χ2v) is 8.74. The van der Waals surface area contributed by atoms with Crippen LogP contribution in [0.2, 0.25) is 0 Å². The number of carbonyl (C=O) groups excluding carboxylic acids is 1. The maximum atomic E-state index is 13.2. The molecule has 6 heteroatoms. The standard InChI is InChI=1S/C26H31NO5/c28-24(27-23-13-11-20(12-14-23)25(29)30)21(15-18-7-3-1-4-8-18)17-22(26(31)32)16-19-9-5-2-6-10-19/h1-10,20-23H,11-17H2,(H,27,28)(H,29,30)(H,31,32). The van der Waals surface area contributed by atoms with Crippen molar-refractivity contribution < 1.29 is 24.6 Å². The smallest absolute Gasteiger partial charge is 0.306 e. The van der Waals surface area contributed by atoms with Gasteiger partial charge in [-0.05, 0) is 56.1 Å². The van der Waals surface area contributed by atoms with E-state index in [1.807, 2.05) is 60.7 Å². The third-order valence-electron chi connectivity index (χ3n) is 6.36. The lowest BCUT2D eigenvalue weighted by molar-refractivity contribution is -0.143. The molecule has 2 aromatic carbocycles. The molecule has 0 aromatic heterocycles. The quantitative estimate of drug-likeness (QED) is 0.522. The van der Waals surface area contributed by atoms with Crippen LogP contribution in [0.3, 0.4) is 0 Å². The van der Waals surface area contributed by atoms with Gasteiger partial charge in [0.2, 0.25) is 5.91 Å². The van der Waals surface area contributed by atoms with Gasteiger partial charge in [0.1, 0.15) is 0 Å². The fourth-order valence-electron chi connectivity index (χ4n) is 4.50. The molecule has 3 N–H and O–H groups in total. The zero-order valence-electron chi connectivity index (χ0n) is 18.2. The predicted octanol–water partition coefficient (Wildman–Crippen LogP) is 3.94. The summed E-state index contributed by atoms with van der Waals surface area (Å²) < 4.78 is 0. The Hall–Kier alpha value is -3.15. The van der Waals surface area contributed by atoms with E-state index in [-0.39, 0.29) is 24.3 Å². The van der Waals surface area contributed by atoms with E-state index in [1.54, 1.807) is 0 Å². The Morgan fingerprint density at radius 3 is 1.75 bits per heavy atom. The molecule has 0 spiro atoms. The summed E-state index contributed by atoms with van der Waals surface area (Å²) in [6.45, 7) is 0. The average Bonchev–Trinajstić information content (AvgIpc) is 2.79. The molecule has 0 bridgehead atoms. The minimum atomic E-state index is -0.901. The fraction of sp³-hybridized carbons (Fsp3) is 0.423. The van der Waals surface area contributed by atoms with E-state index in [9.17, 15) is 24.6 Å². The molecule has 1 amide bonds. The Labute approximate surface area is 188 Å². The van der Waals surface area contributed by atoms with E-state index in [2.05, 4.69) is 5.32 Å². The lowest BCUT2D eigenvalue weighted by Gasteiger charge is -2.29. The lowest BCUT2D eigenvalue weighted by Crippen LogP contribution is -2.43. The van der Waals surface area contributed by atoms with Crippen LogP contribution in [0.25, 0.3) is 0 Å². The van der Waals surface area contributed by atoms with Crippen molar-refractivity contribution in [2.24, 2.45) is 17.8 Å². The van der Waals surface area contributed by atoms with Gasteiger partial charge < -0.3 is 15.5 Å². The van der Waals surface area contributed by atoms with Crippen molar-refractivity contribution in [2.75, 3.05) is 0 Å². The first kappa shape index (κ1) is 23.5. The van der Waals surface area contributed by atoms with E-state index >= 15 is 0 Å². The second kappa shape index (κ2) is 11.5. The molecular weight excluding hydrogens is 406 g/mol. The highest BCUT2D eigenvalue weighted by atomic mass is 16.4. The maximum absolute atomic E-state index is 13.2. The van der Waals surface area contributed by atoms with Crippen LogP contribution < -0.4 is 5.32 Å². The average molecular weight is 438 g/mol. The van der Waals surface area contributed by atoms with E-state index in [0.717, 1.165) is 11.1 Å². The second-order valence-electron chi connectivity index (χ2n) is 8.74. The third kappa shape index (κ3) is 6.94. The number of nitrogens with one attached hydrogen (secondary N) is 1. The van der Waals surface area contributed by atoms with Crippen LogP contribution in [-0.4, -0.2) is 34.1 Å². The molecule has 170 valence electrons. The Bertz CT molecular complexity index is 891. The number of aliphatic carboxylic acids is 2.